The third-order valence-corrected chi connectivity index (χ3v) is 1.81. The van der Waals surface area contributed by atoms with Gasteiger partial charge in [0.2, 0.25) is 0 Å². The van der Waals surface area contributed by atoms with E-state index in [0.29, 0.717) is 5.56 Å². The average molecular weight is 256 g/mol. The standard InChI is InChI=1S/C9H9F5N2O/c10-8(11,9(12,13)14)5-17-4-6-1-2-7(15)16-3-6/h1-3H,4-5H2,(H2,15,16). The molecule has 0 unspecified atom stereocenters. The number of aromatic nitrogens is 1. The topological polar surface area (TPSA) is 48.1 Å². The van der Waals surface area contributed by atoms with Crippen LogP contribution in [0.5, 0.6) is 0 Å². The molecule has 1 aromatic rings. The van der Waals surface area contributed by atoms with Gasteiger partial charge >= 0.3 is 12.1 Å². The Morgan fingerprint density at radius 1 is 1.18 bits per heavy atom. The van der Waals surface area contributed by atoms with Crippen molar-refractivity contribution in [2.75, 3.05) is 12.3 Å². The van der Waals surface area contributed by atoms with Gasteiger partial charge in [-0.15, -0.1) is 0 Å². The molecule has 0 aliphatic heterocycles. The van der Waals surface area contributed by atoms with Gasteiger partial charge in [0.05, 0.1) is 6.61 Å². The summed E-state index contributed by atoms with van der Waals surface area (Å²) in [5.41, 5.74) is 5.62. The third-order valence-electron chi connectivity index (χ3n) is 1.81. The summed E-state index contributed by atoms with van der Waals surface area (Å²) in [5, 5.41) is 0. The summed E-state index contributed by atoms with van der Waals surface area (Å²) in [7, 11) is 0. The van der Waals surface area contributed by atoms with Crippen LogP contribution in [0.4, 0.5) is 27.8 Å². The van der Waals surface area contributed by atoms with Crippen molar-refractivity contribution in [2.45, 2.75) is 18.7 Å². The van der Waals surface area contributed by atoms with E-state index in [4.69, 9.17) is 5.73 Å². The zero-order chi connectivity index (χ0) is 13.1. The fourth-order valence-corrected chi connectivity index (χ4v) is 0.900. The van der Waals surface area contributed by atoms with Crippen molar-refractivity contribution >= 4 is 5.82 Å². The molecule has 2 N–H and O–H groups in total. The monoisotopic (exact) mass is 256 g/mol. The first-order valence-corrected chi connectivity index (χ1v) is 4.45. The summed E-state index contributed by atoms with van der Waals surface area (Å²) in [6, 6.07) is 2.81. The van der Waals surface area contributed by atoms with E-state index in [1.807, 2.05) is 0 Å². The lowest BCUT2D eigenvalue weighted by molar-refractivity contribution is -0.297. The Kier molecular flexibility index (Phi) is 3.87. The van der Waals surface area contributed by atoms with E-state index in [1.54, 1.807) is 0 Å². The van der Waals surface area contributed by atoms with Crippen LogP contribution in [-0.4, -0.2) is 23.7 Å². The fraction of sp³-hybridized carbons (Fsp3) is 0.444. The minimum Gasteiger partial charge on any atom is -0.384 e. The first-order valence-electron chi connectivity index (χ1n) is 4.45. The molecule has 1 heterocycles. The van der Waals surface area contributed by atoms with Gasteiger partial charge in [0.15, 0.2) is 0 Å². The van der Waals surface area contributed by atoms with Gasteiger partial charge in [-0.3, -0.25) is 0 Å². The number of anilines is 1. The second kappa shape index (κ2) is 4.82. The largest absolute Gasteiger partial charge is 0.455 e. The van der Waals surface area contributed by atoms with E-state index in [-0.39, 0.29) is 12.4 Å². The number of nitrogens with two attached hydrogens (primary N) is 1. The lowest BCUT2D eigenvalue weighted by Crippen LogP contribution is -2.40. The summed E-state index contributed by atoms with van der Waals surface area (Å²) >= 11 is 0. The minimum atomic E-state index is -5.60. The highest BCUT2D eigenvalue weighted by Gasteiger charge is 2.57. The number of ether oxygens (including phenoxy) is 1. The molecule has 96 valence electrons. The van der Waals surface area contributed by atoms with Gasteiger partial charge in [-0.2, -0.15) is 22.0 Å². The summed E-state index contributed by atoms with van der Waals surface area (Å²) in [6.45, 7) is -2.11. The molecule has 0 aliphatic rings. The zero-order valence-corrected chi connectivity index (χ0v) is 8.47. The van der Waals surface area contributed by atoms with Crippen LogP contribution in [0.15, 0.2) is 18.3 Å². The molecule has 0 bridgehead atoms. The number of hydrogen-bond donors (Lipinski definition) is 1. The lowest BCUT2D eigenvalue weighted by Gasteiger charge is -2.19. The number of pyridine rings is 1. The van der Waals surface area contributed by atoms with Crippen molar-refractivity contribution in [2.24, 2.45) is 0 Å². The maximum atomic E-state index is 12.4. The maximum absolute atomic E-state index is 12.4. The number of halogens is 5. The van der Waals surface area contributed by atoms with E-state index in [2.05, 4.69) is 9.72 Å². The normalized spacial score (nSPS) is 12.8. The minimum absolute atomic E-state index is 0.217. The van der Waals surface area contributed by atoms with Crippen molar-refractivity contribution in [1.82, 2.24) is 4.98 Å². The van der Waals surface area contributed by atoms with E-state index in [1.165, 1.54) is 18.3 Å². The van der Waals surface area contributed by atoms with Crippen molar-refractivity contribution in [3.05, 3.63) is 23.9 Å². The molecule has 0 radical (unpaired) electrons. The van der Waals surface area contributed by atoms with Gasteiger partial charge in [-0.25, -0.2) is 4.98 Å². The summed E-state index contributed by atoms with van der Waals surface area (Å²) in [6.07, 6.45) is -4.37. The second-order valence-corrected chi connectivity index (χ2v) is 3.29. The molecule has 0 saturated heterocycles. The molecule has 1 aromatic heterocycles. The quantitative estimate of drug-likeness (QED) is 0.841. The van der Waals surface area contributed by atoms with Crippen LogP contribution in [0.2, 0.25) is 0 Å². The first kappa shape index (κ1) is 13.6. The second-order valence-electron chi connectivity index (χ2n) is 3.29. The van der Waals surface area contributed by atoms with E-state index < -0.39 is 18.7 Å². The predicted octanol–water partition coefficient (Wildman–Crippen LogP) is 2.38. The molecule has 0 atom stereocenters. The van der Waals surface area contributed by atoms with Crippen LogP contribution in [0.1, 0.15) is 5.56 Å². The predicted molar refractivity (Wildman–Crippen MR) is 49.3 cm³/mol. The van der Waals surface area contributed by atoms with E-state index in [0.717, 1.165) is 0 Å². The molecule has 0 aromatic carbocycles. The maximum Gasteiger partial charge on any atom is 0.455 e. The summed E-state index contributed by atoms with van der Waals surface area (Å²) in [4.78, 5) is 3.63. The molecule has 1 rings (SSSR count). The van der Waals surface area contributed by atoms with Crippen molar-refractivity contribution < 1.29 is 26.7 Å². The zero-order valence-electron chi connectivity index (χ0n) is 8.47. The molecule has 0 saturated carbocycles. The number of alkyl halides is 5. The van der Waals surface area contributed by atoms with Crippen molar-refractivity contribution in [1.29, 1.82) is 0 Å². The van der Waals surface area contributed by atoms with Gasteiger partial charge in [-0.1, -0.05) is 6.07 Å². The van der Waals surface area contributed by atoms with Gasteiger partial charge in [0.1, 0.15) is 12.4 Å². The Balaban J connectivity index is 2.45. The van der Waals surface area contributed by atoms with E-state index >= 15 is 0 Å². The first-order chi connectivity index (χ1) is 7.72. The number of nitrogens with zero attached hydrogens (tertiary/aromatic N) is 1. The molecular formula is C9H9F5N2O. The molecule has 0 fully saturated rings. The SMILES string of the molecule is Nc1ccc(COCC(F)(F)C(F)(F)F)cn1. The molecule has 8 heteroatoms. The highest BCUT2D eigenvalue weighted by Crippen LogP contribution is 2.35. The highest BCUT2D eigenvalue weighted by atomic mass is 19.4. The smallest absolute Gasteiger partial charge is 0.384 e. The van der Waals surface area contributed by atoms with Crippen LogP contribution < -0.4 is 5.73 Å². The average Bonchev–Trinajstić information content (AvgIpc) is 2.19. The summed E-state index contributed by atoms with van der Waals surface area (Å²) in [5.74, 6) is -4.64. The number of nitrogen functional groups attached to an aromatic ring is 1. The Labute approximate surface area is 93.4 Å². The van der Waals surface area contributed by atoms with Crippen molar-refractivity contribution in [3.8, 4) is 0 Å². The van der Waals surface area contributed by atoms with Crippen LogP contribution in [-0.2, 0) is 11.3 Å². The lowest BCUT2D eigenvalue weighted by atomic mass is 10.3. The molecule has 0 amide bonds. The summed E-state index contributed by atoms with van der Waals surface area (Å²) < 4.78 is 64.4. The number of hydrogen-bond acceptors (Lipinski definition) is 3. The molecule has 3 nitrogen and oxygen atoms in total. The van der Waals surface area contributed by atoms with Crippen LogP contribution in [0, 0.1) is 0 Å². The van der Waals surface area contributed by atoms with Gasteiger partial charge in [0, 0.05) is 6.20 Å². The molecular weight excluding hydrogens is 247 g/mol. The van der Waals surface area contributed by atoms with Crippen LogP contribution in [0.3, 0.4) is 0 Å². The van der Waals surface area contributed by atoms with Crippen molar-refractivity contribution in [3.63, 3.8) is 0 Å². The third kappa shape index (κ3) is 3.81. The Morgan fingerprint density at radius 3 is 2.29 bits per heavy atom. The molecule has 17 heavy (non-hydrogen) atoms. The molecule has 0 aliphatic carbocycles. The van der Waals surface area contributed by atoms with Gasteiger partial charge < -0.3 is 10.5 Å². The molecule has 0 spiro atoms. The van der Waals surface area contributed by atoms with Crippen LogP contribution >= 0.6 is 0 Å². The van der Waals surface area contributed by atoms with Crippen LogP contribution in [0.25, 0.3) is 0 Å². The number of rotatable bonds is 4. The van der Waals surface area contributed by atoms with E-state index in [9.17, 15) is 22.0 Å². The Bertz CT molecular complexity index is 363. The Morgan fingerprint density at radius 2 is 1.82 bits per heavy atom. The van der Waals surface area contributed by atoms with Gasteiger partial charge in [-0.05, 0) is 11.6 Å². The van der Waals surface area contributed by atoms with Gasteiger partial charge in [0.25, 0.3) is 0 Å². The Hall–Kier alpha value is -1.44. The highest BCUT2D eigenvalue weighted by molar-refractivity contribution is 5.28. The fourth-order valence-electron chi connectivity index (χ4n) is 0.900.